The summed E-state index contributed by atoms with van der Waals surface area (Å²) in [6.07, 6.45) is 0.767. The summed E-state index contributed by atoms with van der Waals surface area (Å²) in [4.78, 5) is 24.1. The lowest BCUT2D eigenvalue weighted by molar-refractivity contribution is -0.150. The highest BCUT2D eigenvalue weighted by Crippen LogP contribution is 2.35. The average Bonchev–Trinajstić information content (AvgIpc) is 2.92. The molecule has 0 fully saturated rings. The van der Waals surface area contributed by atoms with Gasteiger partial charge in [-0.2, -0.15) is 0 Å². The van der Waals surface area contributed by atoms with Crippen molar-refractivity contribution >= 4 is 17.8 Å². The van der Waals surface area contributed by atoms with Crippen LogP contribution < -0.4 is 9.47 Å². The Kier molecular flexibility index (Phi) is 5.02. The van der Waals surface area contributed by atoms with Gasteiger partial charge in [-0.05, 0) is 49.8 Å². The van der Waals surface area contributed by atoms with Crippen molar-refractivity contribution in [1.82, 2.24) is 0 Å². The molecule has 0 N–H and O–H groups in total. The highest BCUT2D eigenvalue weighted by molar-refractivity contribution is 6.14. The van der Waals surface area contributed by atoms with Gasteiger partial charge in [0, 0.05) is 6.07 Å². The fraction of sp³-hybridized carbons (Fsp3) is 0.200. The number of ketones is 1. The standard InChI is InChI=1S/C20H17FO5/c1-3-24-20(23)12(2)25-15-8-9-16-17(11-15)26-18(19(16)22)10-13-4-6-14(21)7-5-13/h4-12H,3H2,1-2H3/b18-10-/t12-/m0/s1. The summed E-state index contributed by atoms with van der Waals surface area (Å²) in [6, 6.07) is 10.4. The van der Waals surface area contributed by atoms with Gasteiger partial charge >= 0.3 is 5.97 Å². The summed E-state index contributed by atoms with van der Waals surface area (Å²) >= 11 is 0. The lowest BCUT2D eigenvalue weighted by Gasteiger charge is -2.13. The van der Waals surface area contributed by atoms with E-state index in [9.17, 15) is 14.0 Å². The molecule has 0 aliphatic carbocycles. The average molecular weight is 356 g/mol. The fourth-order valence-electron chi connectivity index (χ4n) is 2.46. The van der Waals surface area contributed by atoms with E-state index < -0.39 is 12.1 Å². The van der Waals surface area contributed by atoms with Crippen molar-refractivity contribution in [1.29, 1.82) is 0 Å². The maximum absolute atomic E-state index is 13.0. The highest BCUT2D eigenvalue weighted by Gasteiger charge is 2.28. The molecule has 2 aromatic carbocycles. The lowest BCUT2D eigenvalue weighted by Crippen LogP contribution is -2.26. The summed E-state index contributed by atoms with van der Waals surface area (Å²) in [5.41, 5.74) is 1.05. The van der Waals surface area contributed by atoms with E-state index in [-0.39, 0.29) is 24.0 Å². The van der Waals surface area contributed by atoms with Crippen molar-refractivity contribution in [3.8, 4) is 11.5 Å². The van der Waals surface area contributed by atoms with Crippen LogP contribution in [0.5, 0.6) is 11.5 Å². The maximum Gasteiger partial charge on any atom is 0.347 e. The largest absolute Gasteiger partial charge is 0.479 e. The smallest absolute Gasteiger partial charge is 0.347 e. The molecule has 1 aliphatic rings. The van der Waals surface area contributed by atoms with Crippen molar-refractivity contribution < 1.29 is 28.2 Å². The van der Waals surface area contributed by atoms with Gasteiger partial charge in [0.2, 0.25) is 5.78 Å². The molecular formula is C20H17FO5. The van der Waals surface area contributed by atoms with Crippen LogP contribution in [0.15, 0.2) is 48.2 Å². The summed E-state index contributed by atoms with van der Waals surface area (Å²) in [5.74, 6) is -0.220. The Labute approximate surface area is 150 Å². The number of carbonyl (C=O) groups is 2. The van der Waals surface area contributed by atoms with Gasteiger partial charge in [-0.15, -0.1) is 0 Å². The van der Waals surface area contributed by atoms with Gasteiger partial charge < -0.3 is 14.2 Å². The lowest BCUT2D eigenvalue weighted by atomic mass is 10.1. The number of Topliss-reactive ketones (excluding diaryl/α,β-unsaturated/α-hetero) is 1. The van der Waals surface area contributed by atoms with Crippen LogP contribution in [0.1, 0.15) is 29.8 Å². The SMILES string of the molecule is CCOC(=O)[C@H](C)Oc1ccc2c(c1)O/C(=C\c1ccc(F)cc1)C2=O. The number of halogens is 1. The first-order chi connectivity index (χ1) is 12.5. The van der Waals surface area contributed by atoms with E-state index in [1.807, 2.05) is 0 Å². The highest BCUT2D eigenvalue weighted by atomic mass is 19.1. The first-order valence-electron chi connectivity index (χ1n) is 8.15. The van der Waals surface area contributed by atoms with Crippen LogP contribution in [0, 0.1) is 5.82 Å². The molecule has 1 heterocycles. The molecule has 0 unspecified atom stereocenters. The van der Waals surface area contributed by atoms with Gasteiger partial charge in [0.25, 0.3) is 0 Å². The van der Waals surface area contributed by atoms with Crippen LogP contribution >= 0.6 is 0 Å². The van der Waals surface area contributed by atoms with Crippen molar-refractivity contribution in [2.45, 2.75) is 20.0 Å². The van der Waals surface area contributed by atoms with Crippen LogP contribution in [0.3, 0.4) is 0 Å². The Morgan fingerprint density at radius 2 is 1.96 bits per heavy atom. The molecule has 0 spiro atoms. The predicted octanol–water partition coefficient (Wildman–Crippen LogP) is 3.77. The molecule has 5 nitrogen and oxygen atoms in total. The molecule has 6 heteroatoms. The number of benzene rings is 2. The number of hydrogen-bond acceptors (Lipinski definition) is 5. The van der Waals surface area contributed by atoms with Crippen molar-refractivity contribution in [3.05, 3.63) is 65.2 Å². The van der Waals surface area contributed by atoms with E-state index in [0.29, 0.717) is 22.6 Å². The zero-order chi connectivity index (χ0) is 18.7. The zero-order valence-electron chi connectivity index (χ0n) is 14.3. The normalized spacial score (nSPS) is 15.3. The summed E-state index contributed by atoms with van der Waals surface area (Å²) < 4.78 is 29.0. The molecule has 134 valence electrons. The first-order valence-corrected chi connectivity index (χ1v) is 8.15. The molecule has 0 radical (unpaired) electrons. The topological polar surface area (TPSA) is 61.8 Å². The third-order valence-corrected chi connectivity index (χ3v) is 3.74. The van der Waals surface area contributed by atoms with E-state index in [0.717, 1.165) is 0 Å². The van der Waals surface area contributed by atoms with Gasteiger partial charge in [0.1, 0.15) is 17.3 Å². The summed E-state index contributed by atoms with van der Waals surface area (Å²) in [5, 5.41) is 0. The number of allylic oxidation sites excluding steroid dienone is 1. The number of ether oxygens (including phenoxy) is 3. The van der Waals surface area contributed by atoms with Gasteiger partial charge in [0.05, 0.1) is 12.2 Å². The molecule has 2 aromatic rings. The molecule has 0 aromatic heterocycles. The van der Waals surface area contributed by atoms with Gasteiger partial charge in [-0.25, -0.2) is 9.18 Å². The van der Waals surface area contributed by atoms with Gasteiger partial charge in [-0.1, -0.05) is 12.1 Å². The third kappa shape index (κ3) is 3.74. The Morgan fingerprint density at radius 3 is 2.65 bits per heavy atom. The number of carbonyl (C=O) groups excluding carboxylic acids is 2. The van der Waals surface area contributed by atoms with Crippen molar-refractivity contribution in [2.24, 2.45) is 0 Å². The Balaban J connectivity index is 1.77. The number of esters is 1. The number of fused-ring (bicyclic) bond motifs is 1. The van der Waals surface area contributed by atoms with Gasteiger partial charge in [0.15, 0.2) is 11.9 Å². The molecule has 1 atom stereocenters. The third-order valence-electron chi connectivity index (χ3n) is 3.74. The number of hydrogen-bond donors (Lipinski definition) is 0. The molecule has 0 bridgehead atoms. The van der Waals surface area contributed by atoms with E-state index in [1.54, 1.807) is 50.3 Å². The van der Waals surface area contributed by atoms with Crippen LogP contribution in [0.2, 0.25) is 0 Å². The molecule has 3 rings (SSSR count). The molecule has 0 saturated heterocycles. The Hall–Kier alpha value is -3.15. The summed E-state index contributed by atoms with van der Waals surface area (Å²) in [7, 11) is 0. The van der Waals surface area contributed by atoms with E-state index in [2.05, 4.69) is 0 Å². The molecular weight excluding hydrogens is 339 g/mol. The van der Waals surface area contributed by atoms with E-state index in [4.69, 9.17) is 14.2 Å². The van der Waals surface area contributed by atoms with Gasteiger partial charge in [-0.3, -0.25) is 4.79 Å². The number of rotatable bonds is 5. The minimum absolute atomic E-state index is 0.141. The molecule has 0 amide bonds. The minimum atomic E-state index is -0.778. The molecule has 1 aliphatic heterocycles. The van der Waals surface area contributed by atoms with Crippen LogP contribution in [-0.2, 0) is 9.53 Å². The second kappa shape index (κ2) is 7.39. The zero-order valence-corrected chi connectivity index (χ0v) is 14.3. The van der Waals surface area contributed by atoms with Crippen LogP contribution in [-0.4, -0.2) is 24.5 Å². The first kappa shape index (κ1) is 17.7. The van der Waals surface area contributed by atoms with E-state index in [1.165, 1.54) is 12.1 Å². The fourth-order valence-corrected chi connectivity index (χ4v) is 2.46. The minimum Gasteiger partial charge on any atom is -0.479 e. The Morgan fingerprint density at radius 1 is 1.23 bits per heavy atom. The van der Waals surface area contributed by atoms with Crippen molar-refractivity contribution in [2.75, 3.05) is 6.61 Å². The van der Waals surface area contributed by atoms with Crippen LogP contribution in [0.25, 0.3) is 6.08 Å². The second-order valence-electron chi connectivity index (χ2n) is 5.66. The maximum atomic E-state index is 13.0. The second-order valence-corrected chi connectivity index (χ2v) is 5.66. The van der Waals surface area contributed by atoms with Crippen LogP contribution in [0.4, 0.5) is 4.39 Å². The van der Waals surface area contributed by atoms with Crippen molar-refractivity contribution in [3.63, 3.8) is 0 Å². The monoisotopic (exact) mass is 356 g/mol. The Bertz CT molecular complexity index is 870. The quantitative estimate of drug-likeness (QED) is 0.603. The van der Waals surface area contributed by atoms with E-state index >= 15 is 0 Å². The predicted molar refractivity (Wildman–Crippen MR) is 92.5 cm³/mol. The molecule has 0 saturated carbocycles. The molecule has 26 heavy (non-hydrogen) atoms. The summed E-state index contributed by atoms with van der Waals surface area (Å²) in [6.45, 7) is 3.57.